The molecule has 1 heterocycles. The second-order valence-corrected chi connectivity index (χ2v) is 5.41. The standard InChI is InChI=1S/C16H21FN4O2/c1-4-7-14-18-15(16(23)20(3)11(2)10-22)19-21(14)13-9-6-5-8-12(13)17/h5-6,8-9,11,22H,4,7,10H2,1-3H3. The van der Waals surface area contributed by atoms with Crippen LogP contribution < -0.4 is 0 Å². The van der Waals surface area contributed by atoms with Gasteiger partial charge in [-0.05, 0) is 25.5 Å². The number of rotatable bonds is 6. The number of aromatic nitrogens is 3. The van der Waals surface area contributed by atoms with Crippen molar-refractivity contribution in [2.24, 2.45) is 0 Å². The van der Waals surface area contributed by atoms with Crippen LogP contribution in [0.3, 0.4) is 0 Å². The lowest BCUT2D eigenvalue weighted by Gasteiger charge is -2.21. The van der Waals surface area contributed by atoms with Gasteiger partial charge in [0.25, 0.3) is 5.91 Å². The van der Waals surface area contributed by atoms with Crippen LogP contribution in [0.1, 0.15) is 36.7 Å². The molecule has 0 saturated carbocycles. The number of benzene rings is 1. The number of amides is 1. The van der Waals surface area contributed by atoms with E-state index in [4.69, 9.17) is 5.11 Å². The van der Waals surface area contributed by atoms with E-state index >= 15 is 0 Å². The summed E-state index contributed by atoms with van der Waals surface area (Å²) in [6.45, 7) is 3.54. The summed E-state index contributed by atoms with van der Waals surface area (Å²) in [5.41, 5.74) is 0.264. The van der Waals surface area contributed by atoms with Gasteiger partial charge in [0.15, 0.2) is 0 Å². The van der Waals surface area contributed by atoms with Crippen molar-refractivity contribution in [2.45, 2.75) is 32.7 Å². The topological polar surface area (TPSA) is 71.2 Å². The van der Waals surface area contributed by atoms with Gasteiger partial charge >= 0.3 is 0 Å². The van der Waals surface area contributed by atoms with Crippen LogP contribution >= 0.6 is 0 Å². The van der Waals surface area contributed by atoms with E-state index in [1.807, 2.05) is 6.92 Å². The molecule has 1 atom stereocenters. The molecule has 1 aromatic heterocycles. The minimum atomic E-state index is -0.425. The van der Waals surface area contributed by atoms with Crippen LogP contribution in [0.2, 0.25) is 0 Å². The Morgan fingerprint density at radius 3 is 2.74 bits per heavy atom. The van der Waals surface area contributed by atoms with Crippen LogP contribution in [-0.2, 0) is 6.42 Å². The number of aliphatic hydroxyl groups excluding tert-OH is 1. The number of aryl methyl sites for hydroxylation is 1. The zero-order valence-corrected chi connectivity index (χ0v) is 13.5. The summed E-state index contributed by atoms with van der Waals surface area (Å²) in [5.74, 6) is -0.296. The number of carbonyl (C=O) groups is 1. The van der Waals surface area contributed by atoms with Gasteiger partial charge in [0.1, 0.15) is 17.3 Å². The SMILES string of the molecule is CCCc1nc(C(=O)N(C)C(C)CO)nn1-c1ccccc1F. The van der Waals surface area contributed by atoms with Crippen LogP contribution in [0.5, 0.6) is 0 Å². The number of nitrogens with zero attached hydrogens (tertiary/aromatic N) is 4. The van der Waals surface area contributed by atoms with Crippen molar-refractivity contribution in [3.05, 3.63) is 41.7 Å². The Morgan fingerprint density at radius 1 is 1.43 bits per heavy atom. The molecule has 0 aliphatic carbocycles. The lowest BCUT2D eigenvalue weighted by Crippen LogP contribution is -2.37. The predicted octanol–water partition coefficient (Wildman–Crippen LogP) is 1.81. The highest BCUT2D eigenvalue weighted by Gasteiger charge is 2.23. The quantitative estimate of drug-likeness (QED) is 0.881. The maximum atomic E-state index is 14.0. The van der Waals surface area contributed by atoms with Gasteiger partial charge in [0, 0.05) is 13.5 Å². The van der Waals surface area contributed by atoms with Crippen LogP contribution in [0.4, 0.5) is 4.39 Å². The van der Waals surface area contributed by atoms with Crippen LogP contribution in [0.25, 0.3) is 5.69 Å². The minimum absolute atomic E-state index is 0.000460. The molecule has 0 bridgehead atoms. The molecule has 0 spiro atoms. The summed E-state index contributed by atoms with van der Waals surface area (Å²) in [6.07, 6.45) is 1.37. The van der Waals surface area contributed by atoms with Gasteiger partial charge < -0.3 is 10.0 Å². The van der Waals surface area contributed by atoms with Gasteiger partial charge in [0.2, 0.25) is 5.82 Å². The molecule has 2 rings (SSSR count). The van der Waals surface area contributed by atoms with E-state index in [1.54, 1.807) is 32.2 Å². The molecule has 7 heteroatoms. The largest absolute Gasteiger partial charge is 0.394 e. The van der Waals surface area contributed by atoms with E-state index in [9.17, 15) is 9.18 Å². The van der Waals surface area contributed by atoms with E-state index in [0.717, 1.165) is 6.42 Å². The molecular weight excluding hydrogens is 299 g/mol. The van der Waals surface area contributed by atoms with Gasteiger partial charge in [-0.15, -0.1) is 5.10 Å². The van der Waals surface area contributed by atoms with Crippen molar-refractivity contribution < 1.29 is 14.3 Å². The predicted molar refractivity (Wildman–Crippen MR) is 84.0 cm³/mol. The summed E-state index contributed by atoms with van der Waals surface area (Å²) >= 11 is 0. The highest BCUT2D eigenvalue weighted by atomic mass is 19.1. The van der Waals surface area contributed by atoms with Crippen LogP contribution in [-0.4, -0.2) is 50.4 Å². The van der Waals surface area contributed by atoms with E-state index in [2.05, 4.69) is 10.1 Å². The Labute approximate surface area is 134 Å². The van der Waals surface area contributed by atoms with Crippen molar-refractivity contribution in [3.8, 4) is 5.69 Å². The van der Waals surface area contributed by atoms with Crippen LogP contribution in [0.15, 0.2) is 24.3 Å². The van der Waals surface area contributed by atoms with Gasteiger partial charge in [0.05, 0.1) is 12.6 Å². The average Bonchev–Trinajstić information content (AvgIpc) is 2.97. The average molecular weight is 320 g/mol. The number of para-hydroxylation sites is 1. The Bertz CT molecular complexity index is 686. The Balaban J connectivity index is 2.43. The number of hydrogen-bond acceptors (Lipinski definition) is 4. The molecule has 1 amide bonds. The van der Waals surface area contributed by atoms with Gasteiger partial charge in [-0.25, -0.2) is 14.1 Å². The molecule has 23 heavy (non-hydrogen) atoms. The summed E-state index contributed by atoms with van der Waals surface area (Å²) in [5, 5.41) is 13.4. The number of carbonyl (C=O) groups excluding carboxylic acids is 1. The smallest absolute Gasteiger partial charge is 0.293 e. The van der Waals surface area contributed by atoms with Crippen molar-refractivity contribution in [1.29, 1.82) is 0 Å². The maximum Gasteiger partial charge on any atom is 0.293 e. The fourth-order valence-corrected chi connectivity index (χ4v) is 2.12. The monoisotopic (exact) mass is 320 g/mol. The number of hydrogen-bond donors (Lipinski definition) is 1. The first-order valence-electron chi connectivity index (χ1n) is 7.58. The Kier molecular flexibility index (Phi) is 5.44. The molecule has 0 aliphatic heterocycles. The first-order valence-corrected chi connectivity index (χ1v) is 7.58. The molecule has 0 saturated heterocycles. The van der Waals surface area contributed by atoms with Gasteiger partial charge in [-0.2, -0.15) is 0 Å². The second-order valence-electron chi connectivity index (χ2n) is 5.41. The summed E-state index contributed by atoms with van der Waals surface area (Å²) in [6, 6.07) is 5.89. The third-order valence-corrected chi connectivity index (χ3v) is 3.67. The van der Waals surface area contributed by atoms with Crippen molar-refractivity contribution >= 4 is 5.91 Å². The van der Waals surface area contributed by atoms with E-state index in [-0.39, 0.29) is 24.2 Å². The third-order valence-electron chi connectivity index (χ3n) is 3.67. The summed E-state index contributed by atoms with van der Waals surface area (Å²) in [4.78, 5) is 18.1. The highest BCUT2D eigenvalue weighted by molar-refractivity contribution is 5.90. The molecule has 0 fully saturated rings. The van der Waals surface area contributed by atoms with Crippen molar-refractivity contribution in [3.63, 3.8) is 0 Å². The zero-order valence-electron chi connectivity index (χ0n) is 13.5. The van der Waals surface area contributed by atoms with Gasteiger partial charge in [-0.3, -0.25) is 4.79 Å². The molecular formula is C16H21FN4O2. The first-order chi connectivity index (χ1) is 11.0. The summed E-state index contributed by atoms with van der Waals surface area (Å²) in [7, 11) is 1.58. The lowest BCUT2D eigenvalue weighted by molar-refractivity contribution is 0.0670. The Hall–Kier alpha value is -2.28. The van der Waals surface area contributed by atoms with Crippen molar-refractivity contribution in [1.82, 2.24) is 19.7 Å². The Morgan fingerprint density at radius 2 is 2.13 bits per heavy atom. The minimum Gasteiger partial charge on any atom is -0.394 e. The van der Waals surface area contributed by atoms with Gasteiger partial charge in [-0.1, -0.05) is 19.1 Å². The fraction of sp³-hybridized carbons (Fsp3) is 0.438. The molecule has 2 aromatic rings. The molecule has 1 aromatic carbocycles. The van der Waals surface area contributed by atoms with E-state index in [1.165, 1.54) is 15.6 Å². The van der Waals surface area contributed by atoms with E-state index in [0.29, 0.717) is 12.2 Å². The first kappa shape index (κ1) is 17.1. The number of aliphatic hydroxyl groups is 1. The highest BCUT2D eigenvalue weighted by Crippen LogP contribution is 2.16. The molecule has 124 valence electrons. The number of halogens is 1. The van der Waals surface area contributed by atoms with E-state index < -0.39 is 11.7 Å². The normalized spacial score (nSPS) is 12.2. The molecule has 1 N–H and O–H groups in total. The zero-order chi connectivity index (χ0) is 17.0. The lowest BCUT2D eigenvalue weighted by atomic mass is 10.3. The number of likely N-dealkylation sites (N-methyl/N-ethyl adjacent to an activating group) is 1. The molecule has 6 nitrogen and oxygen atoms in total. The molecule has 1 unspecified atom stereocenters. The third kappa shape index (κ3) is 3.56. The fourth-order valence-electron chi connectivity index (χ4n) is 2.12. The molecule has 0 radical (unpaired) electrons. The van der Waals surface area contributed by atoms with Crippen molar-refractivity contribution in [2.75, 3.05) is 13.7 Å². The summed E-state index contributed by atoms with van der Waals surface area (Å²) < 4.78 is 15.4. The van der Waals surface area contributed by atoms with Crippen LogP contribution in [0, 0.1) is 5.82 Å². The molecule has 0 aliphatic rings. The second kappa shape index (κ2) is 7.32. The maximum absolute atomic E-state index is 14.0.